The number of ether oxygens (including phenoxy) is 2. The van der Waals surface area contributed by atoms with Gasteiger partial charge in [0.2, 0.25) is 6.79 Å². The van der Waals surface area contributed by atoms with E-state index in [4.69, 9.17) is 21.1 Å². The van der Waals surface area contributed by atoms with Crippen LogP contribution in [0.5, 0.6) is 11.5 Å². The lowest BCUT2D eigenvalue weighted by Gasteiger charge is -2.12. The van der Waals surface area contributed by atoms with Crippen molar-refractivity contribution < 1.29 is 23.5 Å². The van der Waals surface area contributed by atoms with Gasteiger partial charge in [0, 0.05) is 15.7 Å². The molecule has 0 fully saturated rings. The molecule has 0 bridgehead atoms. The van der Waals surface area contributed by atoms with Gasteiger partial charge < -0.3 is 20.1 Å². The van der Waals surface area contributed by atoms with Crippen molar-refractivity contribution in [1.29, 1.82) is 0 Å². The van der Waals surface area contributed by atoms with Gasteiger partial charge in [-0.1, -0.05) is 33.6 Å². The highest BCUT2D eigenvalue weighted by atomic mass is 79.9. The highest BCUT2D eigenvalue weighted by Crippen LogP contribution is 2.33. The summed E-state index contributed by atoms with van der Waals surface area (Å²) in [5, 5.41) is 5.11. The summed E-state index contributed by atoms with van der Waals surface area (Å²) in [7, 11) is 0. The fourth-order valence-electron chi connectivity index (χ4n) is 2.90. The minimum atomic E-state index is -0.615. The number of amides is 2. The van der Waals surface area contributed by atoms with E-state index in [1.165, 1.54) is 18.2 Å². The molecule has 1 heterocycles. The molecule has 2 N–H and O–H groups in total. The fourth-order valence-corrected chi connectivity index (χ4v) is 3.34. The molecule has 3 aromatic carbocycles. The molecule has 9 heteroatoms. The topological polar surface area (TPSA) is 76.7 Å². The molecule has 1 aliphatic heterocycles. The van der Waals surface area contributed by atoms with Crippen molar-refractivity contribution in [2.45, 2.75) is 0 Å². The zero-order chi connectivity index (χ0) is 22.7. The van der Waals surface area contributed by atoms with E-state index in [1.807, 2.05) is 0 Å². The van der Waals surface area contributed by atoms with Crippen LogP contribution in [-0.2, 0) is 4.79 Å². The van der Waals surface area contributed by atoms with Crippen LogP contribution in [0.2, 0.25) is 5.02 Å². The van der Waals surface area contributed by atoms with Gasteiger partial charge in [0.15, 0.2) is 11.5 Å². The zero-order valence-electron chi connectivity index (χ0n) is 16.3. The highest BCUT2D eigenvalue weighted by Gasteiger charge is 2.17. The molecule has 3 aromatic rings. The van der Waals surface area contributed by atoms with Gasteiger partial charge in [-0.05, 0) is 66.2 Å². The predicted octanol–water partition coefficient (Wildman–Crippen LogP) is 5.38. The van der Waals surface area contributed by atoms with Gasteiger partial charge in [0.05, 0.1) is 5.02 Å². The average molecular weight is 518 g/mol. The lowest BCUT2D eigenvalue weighted by Crippen LogP contribution is -2.30. The van der Waals surface area contributed by atoms with Gasteiger partial charge in [-0.2, -0.15) is 0 Å². The SMILES string of the molecule is O=C(Nc1ccc(F)c(Cl)c1)C(=Cc1ccc2c(c1)OCO2)NC(=O)c1ccc(Br)cc1. The summed E-state index contributed by atoms with van der Waals surface area (Å²) in [5.74, 6) is -0.576. The normalized spacial score (nSPS) is 12.4. The van der Waals surface area contributed by atoms with Crippen LogP contribution in [0.1, 0.15) is 15.9 Å². The fraction of sp³-hybridized carbons (Fsp3) is 0.0435. The predicted molar refractivity (Wildman–Crippen MR) is 122 cm³/mol. The van der Waals surface area contributed by atoms with Gasteiger partial charge in [-0.15, -0.1) is 0 Å². The van der Waals surface area contributed by atoms with Gasteiger partial charge in [-0.25, -0.2) is 4.39 Å². The first kappa shape index (κ1) is 21.9. The maximum atomic E-state index is 13.4. The van der Waals surface area contributed by atoms with E-state index >= 15 is 0 Å². The number of anilines is 1. The van der Waals surface area contributed by atoms with Gasteiger partial charge in [0.25, 0.3) is 11.8 Å². The van der Waals surface area contributed by atoms with Crippen molar-refractivity contribution in [2.24, 2.45) is 0 Å². The number of hydrogen-bond acceptors (Lipinski definition) is 4. The number of hydrogen-bond donors (Lipinski definition) is 2. The smallest absolute Gasteiger partial charge is 0.272 e. The molecular weight excluding hydrogens is 503 g/mol. The second-order valence-electron chi connectivity index (χ2n) is 6.71. The minimum Gasteiger partial charge on any atom is -0.454 e. The standard InChI is InChI=1S/C23H15BrClFN2O4/c24-15-4-2-14(3-5-15)22(29)28-19(9-13-1-8-20-21(10-13)32-12-31-20)23(30)27-16-6-7-18(26)17(25)11-16/h1-11H,12H2,(H,27,30)(H,28,29). The average Bonchev–Trinajstić information content (AvgIpc) is 3.24. The summed E-state index contributed by atoms with van der Waals surface area (Å²) in [4.78, 5) is 25.7. The summed E-state index contributed by atoms with van der Waals surface area (Å²) in [5.41, 5.74) is 1.21. The molecule has 0 saturated heterocycles. The van der Waals surface area contributed by atoms with Crippen LogP contribution in [-0.4, -0.2) is 18.6 Å². The number of fused-ring (bicyclic) bond motifs is 1. The number of benzene rings is 3. The van der Waals surface area contributed by atoms with Crippen molar-refractivity contribution >= 4 is 51.1 Å². The highest BCUT2D eigenvalue weighted by molar-refractivity contribution is 9.10. The third kappa shape index (κ3) is 5.09. The molecule has 162 valence electrons. The second kappa shape index (κ2) is 9.42. The molecule has 4 rings (SSSR count). The Morgan fingerprint density at radius 3 is 2.50 bits per heavy atom. The van der Waals surface area contributed by atoms with Crippen LogP contribution < -0.4 is 20.1 Å². The van der Waals surface area contributed by atoms with Crippen LogP contribution in [0.3, 0.4) is 0 Å². The van der Waals surface area contributed by atoms with E-state index in [2.05, 4.69) is 26.6 Å². The molecule has 0 saturated carbocycles. The van der Waals surface area contributed by atoms with Crippen molar-refractivity contribution in [3.8, 4) is 11.5 Å². The molecule has 0 unspecified atom stereocenters. The Balaban J connectivity index is 1.63. The molecule has 0 radical (unpaired) electrons. The summed E-state index contributed by atoms with van der Waals surface area (Å²) >= 11 is 9.12. The quantitative estimate of drug-likeness (QED) is 0.446. The molecule has 0 atom stereocenters. The van der Waals surface area contributed by atoms with Crippen LogP contribution in [0.25, 0.3) is 6.08 Å². The summed E-state index contributed by atoms with van der Waals surface area (Å²) in [6.07, 6.45) is 1.50. The van der Waals surface area contributed by atoms with Gasteiger partial charge in [-0.3, -0.25) is 9.59 Å². The van der Waals surface area contributed by atoms with Crippen LogP contribution in [0, 0.1) is 5.82 Å². The molecular formula is C23H15BrClFN2O4. The van der Waals surface area contributed by atoms with Crippen LogP contribution >= 0.6 is 27.5 Å². The molecule has 0 spiro atoms. The molecule has 6 nitrogen and oxygen atoms in total. The van der Waals surface area contributed by atoms with E-state index in [0.29, 0.717) is 22.6 Å². The van der Waals surface area contributed by atoms with E-state index in [1.54, 1.807) is 42.5 Å². The van der Waals surface area contributed by atoms with E-state index in [0.717, 1.165) is 10.5 Å². The van der Waals surface area contributed by atoms with Gasteiger partial charge >= 0.3 is 0 Å². The second-order valence-corrected chi connectivity index (χ2v) is 8.04. The monoisotopic (exact) mass is 516 g/mol. The molecule has 0 aliphatic carbocycles. The summed E-state index contributed by atoms with van der Waals surface area (Å²) in [6.45, 7) is 0.113. The largest absolute Gasteiger partial charge is 0.454 e. The van der Waals surface area contributed by atoms with Crippen molar-refractivity contribution in [1.82, 2.24) is 5.32 Å². The van der Waals surface area contributed by atoms with Crippen molar-refractivity contribution in [3.63, 3.8) is 0 Å². The number of carbonyl (C=O) groups is 2. The summed E-state index contributed by atoms with van der Waals surface area (Å²) < 4.78 is 24.9. The minimum absolute atomic E-state index is 0.0303. The van der Waals surface area contributed by atoms with E-state index in [-0.39, 0.29) is 23.2 Å². The maximum absolute atomic E-state index is 13.4. The number of halogens is 3. The lowest BCUT2D eigenvalue weighted by atomic mass is 10.1. The maximum Gasteiger partial charge on any atom is 0.272 e. The molecule has 1 aliphatic rings. The Kier molecular flexibility index (Phi) is 6.43. The van der Waals surface area contributed by atoms with Crippen molar-refractivity contribution in [2.75, 3.05) is 12.1 Å². The molecule has 32 heavy (non-hydrogen) atoms. The van der Waals surface area contributed by atoms with Crippen molar-refractivity contribution in [3.05, 3.63) is 92.8 Å². The Morgan fingerprint density at radius 2 is 1.75 bits per heavy atom. The Hall–Kier alpha value is -3.36. The molecule has 0 aromatic heterocycles. The van der Waals surface area contributed by atoms with E-state index in [9.17, 15) is 14.0 Å². The van der Waals surface area contributed by atoms with Gasteiger partial charge in [0.1, 0.15) is 11.5 Å². The Bertz CT molecular complexity index is 1230. The lowest BCUT2D eigenvalue weighted by molar-refractivity contribution is -0.113. The summed E-state index contributed by atoms with van der Waals surface area (Å²) in [6, 6.07) is 15.6. The first-order valence-corrected chi connectivity index (χ1v) is 10.5. The molecule has 2 amide bonds. The number of carbonyl (C=O) groups excluding carboxylic acids is 2. The number of nitrogens with one attached hydrogen (secondary N) is 2. The first-order chi connectivity index (χ1) is 15.4. The first-order valence-electron chi connectivity index (χ1n) is 9.34. The number of rotatable bonds is 5. The third-order valence-electron chi connectivity index (χ3n) is 4.48. The third-order valence-corrected chi connectivity index (χ3v) is 5.30. The Morgan fingerprint density at radius 1 is 1.00 bits per heavy atom. The van der Waals surface area contributed by atoms with Crippen LogP contribution in [0.15, 0.2) is 70.8 Å². The zero-order valence-corrected chi connectivity index (χ0v) is 18.7. The Labute approximate surface area is 196 Å². The van der Waals surface area contributed by atoms with E-state index < -0.39 is 17.6 Å². The van der Waals surface area contributed by atoms with Crippen LogP contribution in [0.4, 0.5) is 10.1 Å².